The summed E-state index contributed by atoms with van der Waals surface area (Å²) in [6.07, 6.45) is 6.99. The van der Waals surface area contributed by atoms with E-state index in [2.05, 4.69) is 48.6 Å². The molecule has 1 heterocycles. The number of benzene rings is 1. The van der Waals surface area contributed by atoms with Crippen molar-refractivity contribution in [3.05, 3.63) is 41.5 Å². The number of carbonyl (C=O) groups is 1. The van der Waals surface area contributed by atoms with Crippen LogP contribution in [0.15, 0.2) is 35.9 Å². The maximum atomic E-state index is 12.1. The summed E-state index contributed by atoms with van der Waals surface area (Å²) in [7, 11) is 0. The fraction of sp³-hybridized carbons (Fsp3) is 0.625. The van der Waals surface area contributed by atoms with Gasteiger partial charge in [0.2, 0.25) is 0 Å². The molecule has 1 amide bonds. The summed E-state index contributed by atoms with van der Waals surface area (Å²) >= 11 is 0. The molecule has 1 aromatic rings. The Labute approximate surface area is 169 Å². The monoisotopic (exact) mass is 382 g/mol. The maximum absolute atomic E-state index is 12.1. The van der Waals surface area contributed by atoms with Crippen LogP contribution in [-0.2, 0) is 4.74 Å². The first kappa shape index (κ1) is 19.5. The molecule has 28 heavy (non-hydrogen) atoms. The predicted molar refractivity (Wildman–Crippen MR) is 113 cm³/mol. The summed E-state index contributed by atoms with van der Waals surface area (Å²) in [5.74, 6) is 0.696. The highest BCUT2D eigenvalue weighted by molar-refractivity contribution is 5.69. The van der Waals surface area contributed by atoms with Crippen LogP contribution < -0.4 is 5.32 Å². The predicted octanol–water partition coefficient (Wildman–Crippen LogP) is 4.86. The van der Waals surface area contributed by atoms with E-state index in [4.69, 9.17) is 4.74 Å². The molecule has 1 aromatic carbocycles. The van der Waals surface area contributed by atoms with Crippen molar-refractivity contribution in [1.29, 1.82) is 0 Å². The zero-order valence-corrected chi connectivity index (χ0v) is 17.7. The van der Waals surface area contributed by atoms with E-state index in [9.17, 15) is 4.79 Å². The van der Waals surface area contributed by atoms with Crippen LogP contribution in [0.25, 0.3) is 6.08 Å². The van der Waals surface area contributed by atoms with Crippen molar-refractivity contribution >= 4 is 12.2 Å². The van der Waals surface area contributed by atoms with E-state index in [0.717, 1.165) is 19.5 Å². The minimum absolute atomic E-state index is 0.157. The Hall–Kier alpha value is -1.81. The minimum Gasteiger partial charge on any atom is -0.444 e. The summed E-state index contributed by atoms with van der Waals surface area (Å²) in [6, 6.07) is 11.9. The fourth-order valence-corrected chi connectivity index (χ4v) is 4.91. The molecular weight excluding hydrogens is 348 g/mol. The van der Waals surface area contributed by atoms with Gasteiger partial charge in [-0.25, -0.2) is 4.79 Å². The highest BCUT2D eigenvalue weighted by atomic mass is 16.6. The van der Waals surface area contributed by atoms with Crippen molar-refractivity contribution in [3.8, 4) is 0 Å². The van der Waals surface area contributed by atoms with Crippen molar-refractivity contribution in [3.63, 3.8) is 0 Å². The van der Waals surface area contributed by atoms with Gasteiger partial charge >= 0.3 is 6.09 Å². The van der Waals surface area contributed by atoms with Gasteiger partial charge in [0.15, 0.2) is 0 Å². The first-order chi connectivity index (χ1) is 13.3. The lowest BCUT2D eigenvalue weighted by Gasteiger charge is -2.58. The van der Waals surface area contributed by atoms with Crippen LogP contribution in [0.2, 0.25) is 0 Å². The lowest BCUT2D eigenvalue weighted by Crippen LogP contribution is -2.67. The van der Waals surface area contributed by atoms with E-state index >= 15 is 0 Å². The van der Waals surface area contributed by atoms with Gasteiger partial charge in [0, 0.05) is 30.6 Å². The van der Waals surface area contributed by atoms with Crippen LogP contribution in [0, 0.1) is 11.3 Å². The van der Waals surface area contributed by atoms with E-state index in [-0.39, 0.29) is 6.09 Å². The normalized spacial score (nSPS) is 26.6. The Balaban J connectivity index is 1.21. The zero-order valence-electron chi connectivity index (χ0n) is 17.7. The second-order valence-electron chi connectivity index (χ2n) is 10.0. The van der Waals surface area contributed by atoms with Crippen LogP contribution in [0.3, 0.4) is 0 Å². The van der Waals surface area contributed by atoms with Crippen molar-refractivity contribution < 1.29 is 9.53 Å². The smallest absolute Gasteiger partial charge is 0.410 e. The maximum Gasteiger partial charge on any atom is 0.410 e. The SMILES string of the molecule is CC/C(=C\c1ccccc1)[C@@H]1C[C@H]1NC1CC2(C1)CN(C(=O)OC(C)(C)C)C2. The average Bonchev–Trinajstić information content (AvgIpc) is 3.32. The average molecular weight is 383 g/mol. The summed E-state index contributed by atoms with van der Waals surface area (Å²) in [4.78, 5) is 14.0. The van der Waals surface area contributed by atoms with Gasteiger partial charge in [-0.2, -0.15) is 0 Å². The van der Waals surface area contributed by atoms with E-state index in [0.29, 0.717) is 23.4 Å². The Bertz CT molecular complexity index is 736. The molecule has 3 fully saturated rings. The minimum atomic E-state index is -0.408. The van der Waals surface area contributed by atoms with E-state index < -0.39 is 5.60 Å². The molecule has 2 aliphatic carbocycles. The van der Waals surface area contributed by atoms with Crippen molar-refractivity contribution in [2.24, 2.45) is 11.3 Å². The molecule has 152 valence electrons. The van der Waals surface area contributed by atoms with Crippen molar-refractivity contribution in [2.75, 3.05) is 13.1 Å². The highest BCUT2D eigenvalue weighted by Gasteiger charge is 2.55. The van der Waals surface area contributed by atoms with Gasteiger partial charge in [-0.15, -0.1) is 0 Å². The molecule has 0 unspecified atom stereocenters. The third-order valence-electron chi connectivity index (χ3n) is 6.34. The number of likely N-dealkylation sites (tertiary alicyclic amines) is 1. The van der Waals surface area contributed by atoms with Crippen molar-refractivity contribution in [1.82, 2.24) is 10.2 Å². The molecule has 2 atom stereocenters. The number of hydrogen-bond donors (Lipinski definition) is 1. The van der Waals surface area contributed by atoms with Gasteiger partial charge in [0.25, 0.3) is 0 Å². The van der Waals surface area contributed by atoms with Crippen LogP contribution in [0.1, 0.15) is 58.9 Å². The third kappa shape index (κ3) is 4.27. The largest absolute Gasteiger partial charge is 0.444 e. The van der Waals surface area contributed by atoms with Crippen LogP contribution in [0.4, 0.5) is 4.79 Å². The number of nitrogens with zero attached hydrogens (tertiary/aromatic N) is 1. The number of nitrogens with one attached hydrogen (secondary N) is 1. The summed E-state index contributed by atoms with van der Waals surface area (Å²) in [5.41, 5.74) is 2.82. The molecule has 4 nitrogen and oxygen atoms in total. The Kier molecular flexibility index (Phi) is 5.03. The second-order valence-corrected chi connectivity index (χ2v) is 10.0. The highest BCUT2D eigenvalue weighted by Crippen LogP contribution is 2.50. The van der Waals surface area contributed by atoms with Crippen LogP contribution in [-0.4, -0.2) is 41.8 Å². The first-order valence-corrected chi connectivity index (χ1v) is 10.8. The summed E-state index contributed by atoms with van der Waals surface area (Å²) in [5, 5.41) is 3.87. The number of hydrogen-bond acceptors (Lipinski definition) is 3. The van der Waals surface area contributed by atoms with E-state index in [1.54, 1.807) is 5.57 Å². The molecule has 2 saturated carbocycles. The number of rotatable bonds is 5. The fourth-order valence-electron chi connectivity index (χ4n) is 4.91. The molecule has 0 radical (unpaired) electrons. The molecule has 4 heteroatoms. The molecule has 1 N–H and O–H groups in total. The molecular formula is C24H34N2O2. The zero-order chi connectivity index (χ0) is 19.9. The third-order valence-corrected chi connectivity index (χ3v) is 6.34. The van der Waals surface area contributed by atoms with Gasteiger partial charge in [0.1, 0.15) is 5.60 Å². The van der Waals surface area contributed by atoms with Crippen LogP contribution in [0.5, 0.6) is 0 Å². The summed E-state index contributed by atoms with van der Waals surface area (Å²) in [6.45, 7) is 9.76. The second kappa shape index (κ2) is 7.22. The molecule has 1 aliphatic heterocycles. The number of carbonyl (C=O) groups excluding carboxylic acids is 1. The first-order valence-electron chi connectivity index (χ1n) is 10.8. The number of amides is 1. The molecule has 3 aliphatic rings. The van der Waals surface area contributed by atoms with E-state index in [1.807, 2.05) is 25.7 Å². The summed E-state index contributed by atoms with van der Waals surface area (Å²) < 4.78 is 5.47. The van der Waals surface area contributed by atoms with Gasteiger partial charge in [-0.3, -0.25) is 0 Å². The lowest BCUT2D eigenvalue weighted by atomic mass is 9.60. The van der Waals surface area contributed by atoms with Gasteiger partial charge in [-0.05, 0) is 57.9 Å². The Morgan fingerprint density at radius 2 is 1.93 bits per heavy atom. The molecule has 0 bridgehead atoms. The standard InChI is InChI=1S/C24H34N2O2/c1-5-18(11-17-9-7-6-8-10-17)20-12-21(20)25-19-13-24(14-19)15-26(16-24)22(27)28-23(2,3)4/h6-11,19-21,25H,5,12-16H2,1-4H3/b18-11+/t20-,21+/m0/s1. The Morgan fingerprint density at radius 3 is 2.54 bits per heavy atom. The van der Waals surface area contributed by atoms with E-state index in [1.165, 1.54) is 24.8 Å². The molecule has 4 rings (SSSR count). The van der Waals surface area contributed by atoms with Crippen LogP contribution >= 0.6 is 0 Å². The molecule has 0 aromatic heterocycles. The topological polar surface area (TPSA) is 41.6 Å². The Morgan fingerprint density at radius 1 is 1.25 bits per heavy atom. The lowest BCUT2D eigenvalue weighted by molar-refractivity contribution is -0.0831. The van der Waals surface area contributed by atoms with Gasteiger partial charge in [-0.1, -0.05) is 48.9 Å². The molecule has 1 spiro atoms. The van der Waals surface area contributed by atoms with Gasteiger partial charge < -0.3 is 15.0 Å². The van der Waals surface area contributed by atoms with Crippen molar-refractivity contribution in [2.45, 2.75) is 71.1 Å². The number of ether oxygens (including phenoxy) is 1. The quantitative estimate of drug-likeness (QED) is 0.791. The molecule has 1 saturated heterocycles. The van der Waals surface area contributed by atoms with Gasteiger partial charge in [0.05, 0.1) is 0 Å².